The van der Waals surface area contributed by atoms with E-state index in [4.69, 9.17) is 0 Å². The fraction of sp³-hybridized carbons (Fsp3) is 0.267. The van der Waals surface area contributed by atoms with E-state index in [0.29, 0.717) is 0 Å². The summed E-state index contributed by atoms with van der Waals surface area (Å²) in [6, 6.07) is 13.3. The van der Waals surface area contributed by atoms with E-state index in [0.717, 1.165) is 16.3 Å². The number of benzene rings is 2. The molecule has 20 heavy (non-hydrogen) atoms. The van der Waals surface area contributed by atoms with E-state index in [1.54, 1.807) is 0 Å². The highest BCUT2D eigenvalue weighted by atomic mass is 16.6. The van der Waals surface area contributed by atoms with Crippen LogP contribution in [0.4, 0.5) is 0 Å². The lowest BCUT2D eigenvalue weighted by Crippen LogP contribution is -2.34. The quantitative estimate of drug-likeness (QED) is 0.488. The van der Waals surface area contributed by atoms with Crippen molar-refractivity contribution in [3.63, 3.8) is 0 Å². The van der Waals surface area contributed by atoms with Crippen molar-refractivity contribution in [3.05, 3.63) is 58.1 Å². The van der Waals surface area contributed by atoms with Crippen LogP contribution in [0.5, 0.6) is 0 Å². The number of esters is 1. The van der Waals surface area contributed by atoms with Crippen LogP contribution in [0.25, 0.3) is 10.8 Å². The Kier molecular flexibility index (Phi) is 2.71. The highest BCUT2D eigenvalue weighted by Gasteiger charge is 2.74. The normalized spacial score (nSPS) is 24.4. The van der Waals surface area contributed by atoms with Gasteiger partial charge in [0.2, 0.25) is 0 Å². The number of carbonyl (C=O) groups is 1. The zero-order valence-electron chi connectivity index (χ0n) is 10.9. The van der Waals surface area contributed by atoms with Crippen molar-refractivity contribution >= 4 is 16.7 Å². The lowest BCUT2D eigenvalue weighted by molar-refractivity contribution is -0.526. The van der Waals surface area contributed by atoms with Gasteiger partial charge in [0.25, 0.3) is 0 Å². The number of nitrogens with zero attached hydrogens (tertiary/aromatic N) is 1. The highest BCUT2D eigenvalue weighted by Crippen LogP contribution is 2.55. The van der Waals surface area contributed by atoms with Gasteiger partial charge in [-0.25, -0.2) is 4.79 Å². The van der Waals surface area contributed by atoms with Gasteiger partial charge in [0, 0.05) is 11.3 Å². The predicted molar refractivity (Wildman–Crippen MR) is 73.0 cm³/mol. The molecule has 0 unspecified atom stereocenters. The largest absolute Gasteiger partial charge is 0.464 e. The van der Waals surface area contributed by atoms with Gasteiger partial charge in [-0.2, -0.15) is 0 Å². The summed E-state index contributed by atoms with van der Waals surface area (Å²) < 4.78 is 4.62. The Labute approximate surface area is 115 Å². The molecule has 2 aromatic rings. The molecule has 0 aromatic heterocycles. The minimum absolute atomic E-state index is 0.195. The molecule has 2 aromatic carbocycles. The molecule has 5 nitrogen and oxygen atoms in total. The van der Waals surface area contributed by atoms with Crippen molar-refractivity contribution in [3.8, 4) is 0 Å². The summed E-state index contributed by atoms with van der Waals surface area (Å²) in [6.45, 7) is 0. The van der Waals surface area contributed by atoms with E-state index in [1.165, 1.54) is 7.11 Å². The molecular weight excluding hydrogens is 258 g/mol. The molecule has 1 fully saturated rings. The summed E-state index contributed by atoms with van der Waals surface area (Å²) in [5.74, 6) is -1.18. The first-order chi connectivity index (χ1) is 9.61. The smallest absolute Gasteiger partial charge is 0.385 e. The van der Waals surface area contributed by atoms with Gasteiger partial charge in [-0.15, -0.1) is 0 Å². The van der Waals surface area contributed by atoms with Crippen molar-refractivity contribution < 1.29 is 14.5 Å². The maximum Gasteiger partial charge on any atom is 0.385 e. The molecule has 0 saturated heterocycles. The molecule has 5 heteroatoms. The highest BCUT2D eigenvalue weighted by molar-refractivity contribution is 5.91. The lowest BCUT2D eigenvalue weighted by Gasteiger charge is -2.09. The Morgan fingerprint density at radius 1 is 1.30 bits per heavy atom. The van der Waals surface area contributed by atoms with Crippen molar-refractivity contribution in [1.82, 2.24) is 0 Å². The first-order valence-corrected chi connectivity index (χ1v) is 6.32. The minimum Gasteiger partial charge on any atom is -0.464 e. The number of hydrogen-bond donors (Lipinski definition) is 0. The summed E-state index contributed by atoms with van der Waals surface area (Å²) in [4.78, 5) is 22.6. The van der Waals surface area contributed by atoms with Gasteiger partial charge in [-0.1, -0.05) is 42.5 Å². The molecule has 0 amide bonds. The molecule has 0 radical (unpaired) electrons. The van der Waals surface area contributed by atoms with E-state index >= 15 is 0 Å². The maximum absolute atomic E-state index is 11.8. The van der Waals surface area contributed by atoms with Crippen LogP contribution in [-0.4, -0.2) is 23.5 Å². The summed E-state index contributed by atoms with van der Waals surface area (Å²) in [5.41, 5.74) is -0.774. The molecule has 0 bridgehead atoms. The standard InChI is InChI=1S/C15H13NO4/c1-20-14(17)15(16(18)19)9-13(15)12-8-4-6-10-5-2-3-7-11(10)12/h2-8,13H,9H2,1H3/t13-,15+/m0/s1. The first kappa shape index (κ1) is 12.6. The van der Waals surface area contributed by atoms with E-state index in [2.05, 4.69) is 4.74 Å². The SMILES string of the molecule is COC(=O)[C@@]1([N+](=O)[O-])C[C@H]1c1cccc2ccccc12. The molecule has 1 saturated carbocycles. The van der Waals surface area contributed by atoms with Crippen LogP contribution in [-0.2, 0) is 9.53 Å². The van der Waals surface area contributed by atoms with Crippen molar-refractivity contribution in [2.75, 3.05) is 7.11 Å². The Morgan fingerprint density at radius 3 is 2.70 bits per heavy atom. The fourth-order valence-corrected chi connectivity index (χ4v) is 2.85. The minimum atomic E-state index is -1.61. The molecule has 0 N–H and O–H groups in total. The van der Waals surface area contributed by atoms with Crippen LogP contribution < -0.4 is 0 Å². The van der Waals surface area contributed by atoms with Crippen molar-refractivity contribution in [2.24, 2.45) is 0 Å². The van der Waals surface area contributed by atoms with Gasteiger partial charge in [-0.3, -0.25) is 10.1 Å². The zero-order chi connectivity index (χ0) is 14.3. The molecular formula is C15H13NO4. The molecule has 0 heterocycles. The summed E-state index contributed by atoms with van der Waals surface area (Å²) in [5, 5.41) is 13.3. The van der Waals surface area contributed by atoms with E-state index < -0.39 is 22.3 Å². The maximum atomic E-state index is 11.8. The molecule has 1 aliphatic rings. The molecule has 1 aliphatic carbocycles. The number of rotatable bonds is 3. The second-order valence-corrected chi connectivity index (χ2v) is 5.00. The average Bonchev–Trinajstić information content (AvgIpc) is 3.22. The molecule has 2 atom stereocenters. The van der Waals surface area contributed by atoms with Gasteiger partial charge in [0.1, 0.15) is 0 Å². The van der Waals surface area contributed by atoms with E-state index in [9.17, 15) is 14.9 Å². The Morgan fingerprint density at radius 2 is 2.00 bits per heavy atom. The van der Waals surface area contributed by atoms with E-state index in [-0.39, 0.29) is 6.42 Å². The summed E-state index contributed by atoms with van der Waals surface area (Å²) in [6.07, 6.45) is 0.195. The summed E-state index contributed by atoms with van der Waals surface area (Å²) >= 11 is 0. The van der Waals surface area contributed by atoms with Crippen LogP contribution >= 0.6 is 0 Å². The number of nitro groups is 1. The van der Waals surface area contributed by atoms with Crippen LogP contribution in [0.1, 0.15) is 17.9 Å². The summed E-state index contributed by atoms with van der Waals surface area (Å²) in [7, 11) is 1.19. The zero-order valence-corrected chi connectivity index (χ0v) is 10.9. The van der Waals surface area contributed by atoms with Crippen LogP contribution in [0.2, 0.25) is 0 Å². The number of ether oxygens (including phenoxy) is 1. The number of fused-ring (bicyclic) bond motifs is 1. The second kappa shape index (κ2) is 4.30. The van der Waals surface area contributed by atoms with Crippen molar-refractivity contribution in [2.45, 2.75) is 17.9 Å². The van der Waals surface area contributed by atoms with E-state index in [1.807, 2.05) is 42.5 Å². The Balaban J connectivity index is 2.10. The monoisotopic (exact) mass is 271 g/mol. The number of carbonyl (C=O) groups excluding carboxylic acids is 1. The van der Waals surface area contributed by atoms with Crippen molar-refractivity contribution in [1.29, 1.82) is 0 Å². The number of hydrogen-bond acceptors (Lipinski definition) is 4. The van der Waals surface area contributed by atoms with Gasteiger partial charge in [-0.05, 0) is 16.3 Å². The molecule has 102 valence electrons. The van der Waals surface area contributed by atoms with Gasteiger partial charge in [0.15, 0.2) is 0 Å². The molecule has 0 aliphatic heterocycles. The van der Waals surface area contributed by atoms with Crippen LogP contribution in [0.15, 0.2) is 42.5 Å². The number of methoxy groups -OCH3 is 1. The van der Waals surface area contributed by atoms with Crippen LogP contribution in [0.3, 0.4) is 0 Å². The average molecular weight is 271 g/mol. The third kappa shape index (κ3) is 1.59. The molecule has 0 spiro atoms. The van der Waals surface area contributed by atoms with Gasteiger partial charge >= 0.3 is 11.5 Å². The second-order valence-electron chi connectivity index (χ2n) is 5.00. The third-order valence-corrected chi connectivity index (χ3v) is 4.00. The lowest BCUT2D eigenvalue weighted by atomic mass is 9.99. The topological polar surface area (TPSA) is 69.4 Å². The Bertz CT molecular complexity index is 707. The van der Waals surface area contributed by atoms with Gasteiger partial charge in [0.05, 0.1) is 13.0 Å². The Hall–Kier alpha value is -2.43. The van der Waals surface area contributed by atoms with Gasteiger partial charge < -0.3 is 4.74 Å². The third-order valence-electron chi connectivity index (χ3n) is 4.00. The van der Waals surface area contributed by atoms with Crippen LogP contribution in [0, 0.1) is 10.1 Å². The first-order valence-electron chi connectivity index (χ1n) is 6.32. The molecule has 3 rings (SSSR count). The predicted octanol–water partition coefficient (Wildman–Crippen LogP) is 2.52. The fourth-order valence-electron chi connectivity index (χ4n) is 2.85.